The van der Waals surface area contributed by atoms with E-state index in [1.54, 1.807) is 45.8 Å². The third-order valence-corrected chi connectivity index (χ3v) is 23.3. The van der Waals surface area contributed by atoms with Crippen LogP contribution < -0.4 is 10.6 Å². The first-order chi connectivity index (χ1) is 45.6. The minimum atomic E-state index is -3.95. The number of benzene rings is 2. The van der Waals surface area contributed by atoms with Crippen LogP contribution in [0.3, 0.4) is 0 Å². The van der Waals surface area contributed by atoms with Crippen LogP contribution in [0.25, 0.3) is 44.9 Å². The fourth-order valence-electron chi connectivity index (χ4n) is 12.3. The Bertz CT molecular complexity index is 4150. The molecule has 4 N–H and O–H groups in total. The minimum absolute atomic E-state index is 0.0242. The van der Waals surface area contributed by atoms with Gasteiger partial charge in [0.05, 0.1) is 74.0 Å². The average Bonchev–Trinajstić information content (AvgIpc) is 1.37. The smallest absolute Gasteiger partial charge is 0.189 e. The van der Waals surface area contributed by atoms with E-state index in [0.717, 1.165) is 40.8 Å². The predicted molar refractivity (Wildman–Crippen MR) is 370 cm³/mol. The third-order valence-electron chi connectivity index (χ3n) is 17.6. The molecule has 0 aliphatic heterocycles. The zero-order valence-corrected chi connectivity index (χ0v) is 60.3. The lowest BCUT2D eigenvalue weighted by Gasteiger charge is -2.39. The van der Waals surface area contributed by atoms with E-state index in [-0.39, 0.29) is 67.0 Å². The maximum Gasteiger partial charge on any atom is 0.189 e. The highest BCUT2D eigenvalue weighted by Gasteiger charge is 2.46. The number of nitrogens with two attached hydrogens (primary N) is 1. The van der Waals surface area contributed by atoms with Gasteiger partial charge in [-0.25, -0.2) is 36.2 Å². The number of para-hydroxylation sites is 2. The summed E-state index contributed by atoms with van der Waals surface area (Å²) in [7, 11) is -7.48. The monoisotopic (exact) mass is 1400 g/mol. The molecule has 0 spiro atoms. The van der Waals surface area contributed by atoms with Crippen molar-refractivity contribution in [3.05, 3.63) is 109 Å². The van der Waals surface area contributed by atoms with Crippen molar-refractivity contribution in [3.8, 4) is 33.6 Å². The molecule has 6 heterocycles. The Labute approximate surface area is 563 Å². The van der Waals surface area contributed by atoms with Gasteiger partial charge < -0.3 is 49.3 Å². The molecule has 8 aromatic rings. The number of sulfone groups is 2. The first-order valence-corrected chi connectivity index (χ1v) is 43.5. The predicted octanol–water partition coefficient (Wildman–Crippen LogP) is 8.23. The molecule has 2 fully saturated rings. The van der Waals surface area contributed by atoms with Gasteiger partial charge in [-0.1, -0.05) is 75.7 Å². The second-order valence-corrected chi connectivity index (χ2v) is 42.3. The number of carbonyl (C=O) groups is 2. The maximum atomic E-state index is 14.2. The molecule has 2 aliphatic carbocycles. The summed E-state index contributed by atoms with van der Waals surface area (Å²) in [6, 6.07) is 21.3. The Morgan fingerprint density at radius 3 is 1.35 bits per heavy atom. The molecule has 2 saturated carbocycles. The van der Waals surface area contributed by atoms with E-state index in [1.165, 1.54) is 17.9 Å². The Morgan fingerprint density at radius 1 is 0.573 bits per heavy atom. The molecule has 6 aromatic heterocycles. The van der Waals surface area contributed by atoms with Gasteiger partial charge in [0.25, 0.3) is 0 Å². The molecule has 0 bridgehead atoms. The van der Waals surface area contributed by atoms with Gasteiger partial charge in [0.2, 0.25) is 0 Å². The number of carbonyl (C=O) groups excluding carboxylic acids is 2. The Kier molecular flexibility index (Phi) is 23.9. The molecule has 0 saturated heterocycles. The number of hydrogen-bond acceptors (Lipinski definition) is 22. The van der Waals surface area contributed by atoms with Crippen molar-refractivity contribution in [2.75, 3.05) is 104 Å². The summed E-state index contributed by atoms with van der Waals surface area (Å²) in [4.78, 5) is 37.6. The van der Waals surface area contributed by atoms with E-state index in [4.69, 9.17) is 49.2 Å². The summed E-state index contributed by atoms with van der Waals surface area (Å²) in [5.41, 5.74) is 10.3. The summed E-state index contributed by atoms with van der Waals surface area (Å²) in [5.74, 6) is -1.17. The second kappa shape index (κ2) is 31.3. The molecule has 10 rings (SSSR count). The van der Waals surface area contributed by atoms with Crippen molar-refractivity contribution < 1.29 is 65.1 Å². The highest BCUT2D eigenvalue weighted by Crippen LogP contribution is 2.46. The molecule has 26 nitrogen and oxygen atoms in total. The van der Waals surface area contributed by atoms with Crippen LogP contribution in [0.2, 0.25) is 51.4 Å². The van der Waals surface area contributed by atoms with Crippen LogP contribution in [0.1, 0.15) is 74.6 Å². The van der Waals surface area contributed by atoms with E-state index in [2.05, 4.69) is 54.6 Å². The van der Waals surface area contributed by atoms with Crippen molar-refractivity contribution in [1.29, 1.82) is 0 Å². The number of aliphatic hydroxyl groups excluding tert-OH is 2. The number of nitrogen functional groups attached to an aromatic ring is 1. The van der Waals surface area contributed by atoms with E-state index in [1.807, 2.05) is 78.0 Å². The van der Waals surface area contributed by atoms with Crippen LogP contribution in [0, 0.1) is 0 Å². The van der Waals surface area contributed by atoms with E-state index in [0.29, 0.717) is 105 Å². The Morgan fingerprint density at radius 2 is 0.969 bits per heavy atom. The standard InChI is InChI=1S/C39H60N6O8SSi2.C27H32N6O6S/c1-50-18-19-53-39(34(47)27-46)16-14-30(15-17-39)35-36(54(2,48)49)38(43(28-51-20-22-55(3,4)5)29-52-21-23-56(6,7)8)45-37(42-35)33(25-41-45)31-24-40-44(26-31)32-12-10-9-11-13-32;1-38-12-13-39-27(22(35)17-34)10-8-18(9-11-27)23-24(40(2,36)37)25(28)33-26(31-23)21(15-30-33)19-14-29-32(16-19)20-6-4-3-5-7-20/h9-13,24-26,30,46H,14-23,27-29H2,1-8H3;3-7,14-16,18,34H,8-13,17,28H2,1-2H3. The molecule has 30 heteroatoms. The molecule has 0 unspecified atom stereocenters. The largest absolute Gasteiger partial charge is 0.388 e. The number of nitrogens with zero attached hydrogens (tertiary/aromatic N) is 11. The highest BCUT2D eigenvalue weighted by molar-refractivity contribution is 7.91. The maximum absolute atomic E-state index is 14.2. The van der Waals surface area contributed by atoms with Gasteiger partial charge in [-0.15, -0.1) is 0 Å². The zero-order chi connectivity index (χ0) is 69.2. The quantitative estimate of drug-likeness (QED) is 0.0209. The van der Waals surface area contributed by atoms with Gasteiger partial charge in [-0.3, -0.25) is 9.59 Å². The second-order valence-electron chi connectivity index (χ2n) is 27.1. The van der Waals surface area contributed by atoms with Crippen LogP contribution >= 0.6 is 0 Å². The van der Waals surface area contributed by atoms with Crippen LogP contribution in [-0.4, -0.2) is 208 Å². The van der Waals surface area contributed by atoms with E-state index < -0.39 is 71.8 Å². The minimum Gasteiger partial charge on any atom is -0.388 e. The van der Waals surface area contributed by atoms with Crippen molar-refractivity contribution in [2.24, 2.45) is 0 Å². The van der Waals surface area contributed by atoms with Gasteiger partial charge in [-0.2, -0.15) is 29.4 Å². The van der Waals surface area contributed by atoms with Crippen molar-refractivity contribution in [3.63, 3.8) is 0 Å². The van der Waals surface area contributed by atoms with Crippen molar-refractivity contribution >= 4 is 70.3 Å². The number of hydrogen-bond donors (Lipinski definition) is 3. The Hall–Kier alpha value is -6.95. The topological polar surface area (TPSA) is 324 Å². The molecular weight excluding hydrogens is 1310 g/mol. The summed E-state index contributed by atoms with van der Waals surface area (Å²) in [5, 5.41) is 37.8. The van der Waals surface area contributed by atoms with Gasteiger partial charge in [-0.05, 0) is 87.7 Å². The normalized spacial score (nSPS) is 18.8. The lowest BCUT2D eigenvalue weighted by Crippen LogP contribution is -2.47. The molecule has 520 valence electrons. The van der Waals surface area contributed by atoms with Crippen LogP contribution in [0.15, 0.2) is 108 Å². The van der Waals surface area contributed by atoms with Crippen LogP contribution in [0.4, 0.5) is 11.6 Å². The fourth-order valence-corrected chi connectivity index (χ4v) is 16.0. The third kappa shape index (κ3) is 17.3. The van der Waals surface area contributed by atoms with Gasteiger partial charge in [0, 0.05) is 103 Å². The van der Waals surface area contributed by atoms with Crippen LogP contribution in [0.5, 0.6) is 0 Å². The van der Waals surface area contributed by atoms with Crippen molar-refractivity contribution in [2.45, 2.75) is 136 Å². The molecule has 2 aliphatic rings. The number of anilines is 2. The molecule has 96 heavy (non-hydrogen) atoms. The van der Waals surface area contributed by atoms with E-state index >= 15 is 0 Å². The molecule has 0 atom stereocenters. The number of aliphatic hydroxyl groups is 2. The Balaban J connectivity index is 0.000000238. The highest BCUT2D eigenvalue weighted by atomic mass is 32.2. The van der Waals surface area contributed by atoms with Crippen molar-refractivity contribution in [1.82, 2.24) is 48.8 Å². The summed E-state index contributed by atoms with van der Waals surface area (Å²) < 4.78 is 95.6. The number of Topliss-reactive ketones (excluding diaryl/α,β-unsaturated/α-hetero) is 2. The first-order valence-electron chi connectivity index (χ1n) is 32.3. The average molecular weight is 1400 g/mol. The van der Waals surface area contributed by atoms with Crippen LogP contribution in [-0.2, 0) is 57.7 Å². The first kappa shape index (κ1) is 73.3. The number of aromatic nitrogens is 10. The molecule has 0 radical (unpaired) electrons. The SMILES string of the molecule is COCCOC1(C(=O)CO)CCC(c2nc3c(-c4cnn(-c5ccccc5)c4)cnn3c(N(COCC[Si](C)(C)C)COCC[Si](C)(C)C)c2S(C)(=O)=O)CC1.COCCOC1(C(=O)CO)CCC(c2nc3c(-c4cnn(-c5ccccc5)c4)cnn3c(N)c2S(C)(=O)=O)CC1. The fraction of sp³-hybridized carbons (Fsp3) is 0.515. The van der Waals surface area contributed by atoms with E-state index in [9.17, 15) is 36.6 Å². The molecular formula is C66H92N12O14S2Si2. The number of ketones is 2. The van der Waals surface area contributed by atoms with Gasteiger partial charge in [0.1, 0.15) is 53.5 Å². The van der Waals surface area contributed by atoms with Gasteiger partial charge >= 0.3 is 0 Å². The van der Waals surface area contributed by atoms with Gasteiger partial charge in [0.15, 0.2) is 48.4 Å². The lowest BCUT2D eigenvalue weighted by atomic mass is 9.75. The number of fused-ring (bicyclic) bond motifs is 2. The number of ether oxygens (including phenoxy) is 6. The summed E-state index contributed by atoms with van der Waals surface area (Å²) in [6.07, 6.45) is 15.6. The summed E-state index contributed by atoms with van der Waals surface area (Å²) >= 11 is 0. The molecule has 2 aromatic carbocycles. The number of methoxy groups -OCH3 is 2. The zero-order valence-electron chi connectivity index (χ0n) is 56.6. The number of rotatable bonds is 31. The summed E-state index contributed by atoms with van der Waals surface area (Å²) in [6.45, 7) is 14.6. The lowest BCUT2D eigenvalue weighted by molar-refractivity contribution is -0.155. The molecule has 0 amide bonds.